The fourth-order valence-corrected chi connectivity index (χ4v) is 3.11. The SMILES string of the molecule is CC(C)CNCc1ccc(-c2ccc(C3CNC(=O)C3)cc2)cc1. The van der Waals surface area contributed by atoms with Crippen molar-refractivity contribution in [1.29, 1.82) is 0 Å². The summed E-state index contributed by atoms with van der Waals surface area (Å²) in [6.45, 7) is 7.16. The minimum Gasteiger partial charge on any atom is -0.355 e. The van der Waals surface area contributed by atoms with Crippen LogP contribution in [0.3, 0.4) is 0 Å². The molecular formula is C21H26N2O. The predicted octanol–water partition coefficient (Wildman–Crippen LogP) is 3.70. The molecule has 1 aliphatic heterocycles. The normalized spacial score (nSPS) is 17.3. The van der Waals surface area contributed by atoms with Crippen molar-refractivity contribution in [1.82, 2.24) is 10.6 Å². The van der Waals surface area contributed by atoms with Crippen LogP contribution >= 0.6 is 0 Å². The molecule has 1 saturated heterocycles. The van der Waals surface area contributed by atoms with Crippen molar-refractivity contribution in [2.24, 2.45) is 5.92 Å². The van der Waals surface area contributed by atoms with E-state index >= 15 is 0 Å². The van der Waals surface area contributed by atoms with Crippen LogP contribution in [0.15, 0.2) is 48.5 Å². The van der Waals surface area contributed by atoms with Gasteiger partial charge in [-0.1, -0.05) is 62.4 Å². The van der Waals surface area contributed by atoms with Gasteiger partial charge in [0.1, 0.15) is 0 Å². The van der Waals surface area contributed by atoms with Gasteiger partial charge in [0.05, 0.1) is 0 Å². The van der Waals surface area contributed by atoms with Crippen LogP contribution in [0.2, 0.25) is 0 Å². The molecule has 0 bridgehead atoms. The maximum atomic E-state index is 11.3. The number of carbonyl (C=O) groups is 1. The standard InChI is InChI=1S/C21H26N2O/c1-15(2)12-22-13-16-3-5-17(6-4-16)18-7-9-19(10-8-18)20-11-21(24)23-14-20/h3-10,15,20,22H,11-14H2,1-2H3,(H,23,24). The molecule has 2 aromatic rings. The first-order valence-corrected chi connectivity index (χ1v) is 8.78. The third kappa shape index (κ3) is 4.24. The van der Waals surface area contributed by atoms with Gasteiger partial charge >= 0.3 is 0 Å². The molecule has 0 aliphatic carbocycles. The van der Waals surface area contributed by atoms with Crippen LogP contribution in [0.5, 0.6) is 0 Å². The van der Waals surface area contributed by atoms with Crippen LogP contribution in [0.1, 0.15) is 37.3 Å². The summed E-state index contributed by atoms with van der Waals surface area (Å²) in [4.78, 5) is 11.3. The Morgan fingerprint density at radius 1 is 1.04 bits per heavy atom. The van der Waals surface area contributed by atoms with E-state index in [0.717, 1.165) is 19.6 Å². The van der Waals surface area contributed by atoms with E-state index in [2.05, 4.69) is 73.0 Å². The smallest absolute Gasteiger partial charge is 0.220 e. The van der Waals surface area contributed by atoms with E-state index in [0.29, 0.717) is 18.3 Å². The van der Waals surface area contributed by atoms with Gasteiger partial charge in [0.2, 0.25) is 5.91 Å². The Balaban J connectivity index is 1.62. The summed E-state index contributed by atoms with van der Waals surface area (Å²) >= 11 is 0. The van der Waals surface area contributed by atoms with E-state index in [1.165, 1.54) is 22.3 Å². The summed E-state index contributed by atoms with van der Waals surface area (Å²) < 4.78 is 0. The van der Waals surface area contributed by atoms with Gasteiger partial charge in [0.15, 0.2) is 0 Å². The second-order valence-corrected chi connectivity index (χ2v) is 7.05. The van der Waals surface area contributed by atoms with Crippen molar-refractivity contribution >= 4 is 5.91 Å². The molecule has 3 nitrogen and oxygen atoms in total. The third-order valence-corrected chi connectivity index (χ3v) is 4.53. The highest BCUT2D eigenvalue weighted by molar-refractivity contribution is 5.79. The molecular weight excluding hydrogens is 296 g/mol. The predicted molar refractivity (Wildman–Crippen MR) is 98.8 cm³/mol. The molecule has 1 fully saturated rings. The molecule has 0 saturated carbocycles. The lowest BCUT2D eigenvalue weighted by Gasteiger charge is -2.10. The number of hydrogen-bond acceptors (Lipinski definition) is 2. The van der Waals surface area contributed by atoms with Crippen LogP contribution in [0.4, 0.5) is 0 Å². The number of hydrogen-bond donors (Lipinski definition) is 2. The summed E-state index contributed by atoms with van der Waals surface area (Å²) in [5.41, 5.74) is 5.01. The Morgan fingerprint density at radius 3 is 2.21 bits per heavy atom. The van der Waals surface area contributed by atoms with Crippen LogP contribution in [0.25, 0.3) is 11.1 Å². The van der Waals surface area contributed by atoms with Crippen LogP contribution in [0, 0.1) is 5.92 Å². The highest BCUT2D eigenvalue weighted by atomic mass is 16.1. The summed E-state index contributed by atoms with van der Waals surface area (Å²) in [6.07, 6.45) is 0.609. The molecule has 1 aliphatic rings. The van der Waals surface area contributed by atoms with Gasteiger partial charge in [0.25, 0.3) is 0 Å². The molecule has 3 heteroatoms. The monoisotopic (exact) mass is 322 g/mol. The van der Waals surface area contributed by atoms with Gasteiger partial charge in [-0.05, 0) is 34.7 Å². The van der Waals surface area contributed by atoms with Gasteiger partial charge in [-0.25, -0.2) is 0 Å². The minimum absolute atomic E-state index is 0.158. The molecule has 0 radical (unpaired) electrons. The third-order valence-electron chi connectivity index (χ3n) is 4.53. The molecule has 0 spiro atoms. The molecule has 24 heavy (non-hydrogen) atoms. The fraction of sp³-hybridized carbons (Fsp3) is 0.381. The second kappa shape index (κ2) is 7.63. The van der Waals surface area contributed by atoms with E-state index in [1.54, 1.807) is 0 Å². The minimum atomic E-state index is 0.158. The number of benzene rings is 2. The average molecular weight is 322 g/mol. The van der Waals surface area contributed by atoms with Gasteiger partial charge in [-0.15, -0.1) is 0 Å². The quantitative estimate of drug-likeness (QED) is 0.851. The fourth-order valence-electron chi connectivity index (χ4n) is 3.11. The van der Waals surface area contributed by atoms with E-state index in [-0.39, 0.29) is 5.91 Å². The first-order chi connectivity index (χ1) is 11.6. The van der Waals surface area contributed by atoms with E-state index in [1.807, 2.05) is 0 Å². The van der Waals surface area contributed by atoms with Crippen LogP contribution < -0.4 is 10.6 Å². The van der Waals surface area contributed by atoms with Crippen molar-refractivity contribution in [3.8, 4) is 11.1 Å². The molecule has 1 amide bonds. The Bertz CT molecular complexity index is 674. The zero-order valence-electron chi connectivity index (χ0n) is 14.5. The molecule has 3 rings (SSSR count). The number of rotatable bonds is 6. The van der Waals surface area contributed by atoms with E-state index < -0.39 is 0 Å². The van der Waals surface area contributed by atoms with Gasteiger partial charge in [-0.3, -0.25) is 4.79 Å². The number of nitrogens with one attached hydrogen (secondary N) is 2. The zero-order chi connectivity index (χ0) is 16.9. The highest BCUT2D eigenvalue weighted by Gasteiger charge is 2.22. The van der Waals surface area contributed by atoms with Crippen LogP contribution in [-0.4, -0.2) is 19.0 Å². The number of carbonyl (C=O) groups excluding carboxylic acids is 1. The van der Waals surface area contributed by atoms with Gasteiger partial charge in [0, 0.05) is 25.4 Å². The van der Waals surface area contributed by atoms with Crippen molar-refractivity contribution < 1.29 is 4.79 Å². The Labute approximate surface area is 144 Å². The highest BCUT2D eigenvalue weighted by Crippen LogP contribution is 2.26. The lowest BCUT2D eigenvalue weighted by Crippen LogP contribution is -2.18. The molecule has 2 N–H and O–H groups in total. The second-order valence-electron chi connectivity index (χ2n) is 7.05. The molecule has 126 valence electrons. The lowest BCUT2D eigenvalue weighted by molar-refractivity contribution is -0.119. The van der Waals surface area contributed by atoms with Gasteiger partial charge < -0.3 is 10.6 Å². The van der Waals surface area contributed by atoms with E-state index in [4.69, 9.17) is 0 Å². The molecule has 2 aromatic carbocycles. The summed E-state index contributed by atoms with van der Waals surface area (Å²) in [6, 6.07) is 17.4. The summed E-state index contributed by atoms with van der Waals surface area (Å²) in [5.74, 6) is 1.15. The maximum absolute atomic E-state index is 11.3. The first-order valence-electron chi connectivity index (χ1n) is 8.78. The largest absolute Gasteiger partial charge is 0.355 e. The number of amides is 1. The summed E-state index contributed by atoms with van der Waals surface area (Å²) in [5, 5.41) is 6.37. The van der Waals surface area contributed by atoms with Crippen molar-refractivity contribution in [3.63, 3.8) is 0 Å². The van der Waals surface area contributed by atoms with E-state index in [9.17, 15) is 4.79 Å². The molecule has 1 atom stereocenters. The topological polar surface area (TPSA) is 41.1 Å². The van der Waals surface area contributed by atoms with Crippen LogP contribution in [-0.2, 0) is 11.3 Å². The first kappa shape index (κ1) is 16.7. The van der Waals surface area contributed by atoms with Crippen molar-refractivity contribution in [2.45, 2.75) is 32.7 Å². The summed E-state index contributed by atoms with van der Waals surface area (Å²) in [7, 11) is 0. The molecule has 1 unspecified atom stereocenters. The lowest BCUT2D eigenvalue weighted by atomic mass is 9.95. The molecule has 0 aromatic heterocycles. The Morgan fingerprint density at radius 2 is 1.67 bits per heavy atom. The zero-order valence-corrected chi connectivity index (χ0v) is 14.5. The Kier molecular flexibility index (Phi) is 5.31. The average Bonchev–Trinajstić information content (AvgIpc) is 3.02. The molecule has 1 heterocycles. The van der Waals surface area contributed by atoms with Crippen molar-refractivity contribution in [2.75, 3.05) is 13.1 Å². The van der Waals surface area contributed by atoms with Crippen molar-refractivity contribution in [3.05, 3.63) is 59.7 Å². The Hall–Kier alpha value is -2.13. The maximum Gasteiger partial charge on any atom is 0.220 e. The van der Waals surface area contributed by atoms with Gasteiger partial charge in [-0.2, -0.15) is 0 Å².